The lowest BCUT2D eigenvalue weighted by molar-refractivity contribution is 0.475. The number of nitrogens with one attached hydrogen (secondary N) is 1. The van der Waals surface area contributed by atoms with Crippen LogP contribution >= 0.6 is 0 Å². The monoisotopic (exact) mass is 140 g/mol. The summed E-state index contributed by atoms with van der Waals surface area (Å²) in [5.41, 5.74) is 0. The Balaban J connectivity index is 2.13. The third-order valence-electron chi connectivity index (χ3n) is 1.77. The molecule has 1 atom stereocenters. The summed E-state index contributed by atoms with van der Waals surface area (Å²) in [6, 6.07) is 0. The van der Waals surface area contributed by atoms with Gasteiger partial charge in [-0.05, 0) is 12.8 Å². The van der Waals surface area contributed by atoms with E-state index in [1.165, 1.54) is 19.3 Å². The van der Waals surface area contributed by atoms with Gasteiger partial charge in [0.05, 0.1) is 6.17 Å². The molecule has 1 rings (SSSR count). The molecule has 0 radical (unpaired) electrons. The van der Waals surface area contributed by atoms with Gasteiger partial charge in [-0.25, -0.2) is 0 Å². The molecule has 10 heavy (non-hydrogen) atoms. The van der Waals surface area contributed by atoms with Gasteiger partial charge in [-0.15, -0.1) is 0 Å². The van der Waals surface area contributed by atoms with Gasteiger partial charge in [-0.2, -0.15) is 0 Å². The molecule has 0 aliphatic carbocycles. The predicted octanol–water partition coefficient (Wildman–Crippen LogP) is 1.57. The summed E-state index contributed by atoms with van der Waals surface area (Å²) in [6.07, 6.45) is 7.32. The molecule has 2 heteroatoms. The minimum Gasteiger partial charge on any atom is -0.295 e. The average molecular weight is 140 g/mol. The highest BCUT2D eigenvalue weighted by Crippen LogP contribution is 2.03. The second kappa shape index (κ2) is 4.45. The number of hydrogen-bond donors (Lipinski definition) is 1. The van der Waals surface area contributed by atoms with Crippen molar-refractivity contribution in [1.29, 1.82) is 0 Å². The van der Waals surface area contributed by atoms with E-state index in [0.717, 1.165) is 13.0 Å². The zero-order valence-corrected chi connectivity index (χ0v) is 6.64. The highest BCUT2D eigenvalue weighted by Gasteiger charge is 2.05. The van der Waals surface area contributed by atoms with Gasteiger partial charge >= 0.3 is 0 Å². The van der Waals surface area contributed by atoms with Crippen LogP contribution in [-0.2, 0) is 0 Å². The first-order valence-electron chi connectivity index (χ1n) is 4.18. The number of aliphatic imine (C=N–C) groups is 1. The quantitative estimate of drug-likeness (QED) is 0.632. The first-order valence-corrected chi connectivity index (χ1v) is 4.18. The third-order valence-corrected chi connectivity index (χ3v) is 1.77. The smallest absolute Gasteiger partial charge is 0.0990 e. The molecule has 1 heterocycles. The molecule has 0 aromatic carbocycles. The van der Waals surface area contributed by atoms with Gasteiger partial charge in [0.2, 0.25) is 0 Å². The fraction of sp³-hybridized carbons (Fsp3) is 0.875. The Hall–Kier alpha value is -0.370. The van der Waals surface area contributed by atoms with Crippen molar-refractivity contribution in [1.82, 2.24) is 5.32 Å². The molecule has 0 aromatic heterocycles. The number of hydrogen-bond acceptors (Lipinski definition) is 2. The average Bonchev–Trinajstić information content (AvgIpc) is 2.03. The summed E-state index contributed by atoms with van der Waals surface area (Å²) >= 11 is 0. The lowest BCUT2D eigenvalue weighted by Gasteiger charge is -2.16. The Bertz CT molecular complexity index is 110. The van der Waals surface area contributed by atoms with Crippen LogP contribution in [0, 0.1) is 0 Å². The molecular weight excluding hydrogens is 124 g/mol. The summed E-state index contributed by atoms with van der Waals surface area (Å²) in [5, 5.41) is 3.36. The Morgan fingerprint density at radius 3 is 3.20 bits per heavy atom. The maximum Gasteiger partial charge on any atom is 0.0990 e. The Morgan fingerprint density at radius 2 is 2.60 bits per heavy atom. The molecular formula is C8H16N2. The Morgan fingerprint density at radius 1 is 1.70 bits per heavy atom. The van der Waals surface area contributed by atoms with Crippen LogP contribution in [0.15, 0.2) is 4.99 Å². The van der Waals surface area contributed by atoms with Crippen LogP contribution in [-0.4, -0.2) is 18.9 Å². The van der Waals surface area contributed by atoms with E-state index in [1.807, 2.05) is 6.21 Å². The number of nitrogens with zero attached hydrogens (tertiary/aromatic N) is 1. The van der Waals surface area contributed by atoms with Gasteiger partial charge in [-0.3, -0.25) is 10.3 Å². The summed E-state index contributed by atoms with van der Waals surface area (Å²) < 4.78 is 0. The van der Waals surface area contributed by atoms with Crippen LogP contribution < -0.4 is 5.32 Å². The summed E-state index contributed by atoms with van der Waals surface area (Å²) in [7, 11) is 0. The van der Waals surface area contributed by atoms with Crippen LogP contribution in [0.25, 0.3) is 0 Å². The second-order valence-corrected chi connectivity index (χ2v) is 2.73. The molecule has 1 aliphatic heterocycles. The van der Waals surface area contributed by atoms with Crippen molar-refractivity contribution in [2.45, 2.75) is 38.8 Å². The van der Waals surface area contributed by atoms with Crippen molar-refractivity contribution in [3.8, 4) is 0 Å². The molecule has 0 aromatic rings. The highest BCUT2D eigenvalue weighted by molar-refractivity contribution is 5.58. The molecule has 0 amide bonds. The largest absolute Gasteiger partial charge is 0.295 e. The highest BCUT2D eigenvalue weighted by atomic mass is 15.1. The Labute approximate surface area is 62.7 Å². The summed E-state index contributed by atoms with van der Waals surface area (Å²) in [6.45, 7) is 3.32. The van der Waals surface area contributed by atoms with Gasteiger partial charge < -0.3 is 0 Å². The van der Waals surface area contributed by atoms with Crippen molar-refractivity contribution in [2.75, 3.05) is 6.54 Å². The molecule has 0 spiro atoms. The van der Waals surface area contributed by atoms with Crippen molar-refractivity contribution in [3.05, 3.63) is 0 Å². The van der Waals surface area contributed by atoms with Gasteiger partial charge in [0.1, 0.15) is 0 Å². The third kappa shape index (κ3) is 2.48. The van der Waals surface area contributed by atoms with Crippen molar-refractivity contribution >= 4 is 6.21 Å². The maximum atomic E-state index is 4.33. The zero-order chi connectivity index (χ0) is 7.23. The lowest BCUT2D eigenvalue weighted by Crippen LogP contribution is -2.31. The minimum absolute atomic E-state index is 0.425. The maximum absolute atomic E-state index is 4.33. The molecule has 1 unspecified atom stereocenters. The van der Waals surface area contributed by atoms with Crippen LogP contribution in [0.2, 0.25) is 0 Å². The van der Waals surface area contributed by atoms with Crippen molar-refractivity contribution < 1.29 is 0 Å². The molecule has 2 nitrogen and oxygen atoms in total. The van der Waals surface area contributed by atoms with E-state index in [4.69, 9.17) is 0 Å². The Kier molecular flexibility index (Phi) is 3.44. The first-order chi connectivity index (χ1) is 4.93. The van der Waals surface area contributed by atoms with E-state index in [2.05, 4.69) is 17.2 Å². The van der Waals surface area contributed by atoms with E-state index in [-0.39, 0.29) is 0 Å². The van der Waals surface area contributed by atoms with E-state index < -0.39 is 0 Å². The fourth-order valence-electron chi connectivity index (χ4n) is 1.14. The predicted molar refractivity (Wildman–Crippen MR) is 44.4 cm³/mol. The topological polar surface area (TPSA) is 24.4 Å². The van der Waals surface area contributed by atoms with Gasteiger partial charge in [-0.1, -0.05) is 19.8 Å². The van der Waals surface area contributed by atoms with E-state index in [0.29, 0.717) is 6.17 Å². The molecule has 58 valence electrons. The molecule has 1 aliphatic rings. The van der Waals surface area contributed by atoms with Crippen LogP contribution in [0.4, 0.5) is 0 Å². The molecule has 0 saturated carbocycles. The molecule has 0 fully saturated rings. The van der Waals surface area contributed by atoms with Gasteiger partial charge in [0.25, 0.3) is 0 Å². The molecule has 0 saturated heterocycles. The summed E-state index contributed by atoms with van der Waals surface area (Å²) in [4.78, 5) is 4.33. The lowest BCUT2D eigenvalue weighted by atomic mass is 10.2. The van der Waals surface area contributed by atoms with Crippen LogP contribution in [0.5, 0.6) is 0 Å². The van der Waals surface area contributed by atoms with E-state index in [9.17, 15) is 0 Å². The van der Waals surface area contributed by atoms with Crippen LogP contribution in [0.3, 0.4) is 0 Å². The zero-order valence-electron chi connectivity index (χ0n) is 6.64. The normalized spacial score (nSPS) is 25.1. The van der Waals surface area contributed by atoms with Crippen molar-refractivity contribution in [3.63, 3.8) is 0 Å². The first kappa shape index (κ1) is 7.73. The minimum atomic E-state index is 0.425. The second-order valence-electron chi connectivity index (χ2n) is 2.73. The van der Waals surface area contributed by atoms with Crippen molar-refractivity contribution in [2.24, 2.45) is 4.99 Å². The van der Waals surface area contributed by atoms with E-state index >= 15 is 0 Å². The fourth-order valence-corrected chi connectivity index (χ4v) is 1.14. The van der Waals surface area contributed by atoms with Gasteiger partial charge in [0.15, 0.2) is 0 Å². The van der Waals surface area contributed by atoms with Crippen LogP contribution in [0.1, 0.15) is 32.6 Å². The standard InChI is InChI=1S/C8H16N2/c1-2-3-5-8-9-6-4-7-10-8/h6,8,10H,2-5,7H2,1H3. The molecule has 1 N–H and O–H groups in total. The van der Waals surface area contributed by atoms with Gasteiger partial charge in [0, 0.05) is 12.8 Å². The molecule has 0 bridgehead atoms. The summed E-state index contributed by atoms with van der Waals surface area (Å²) in [5.74, 6) is 0. The number of unbranched alkanes of at least 4 members (excludes halogenated alkanes) is 1. The number of rotatable bonds is 3. The van der Waals surface area contributed by atoms with E-state index in [1.54, 1.807) is 0 Å². The SMILES string of the molecule is CCCCC1N=CCCN1.